The van der Waals surface area contributed by atoms with E-state index in [-0.39, 0.29) is 28.6 Å². The van der Waals surface area contributed by atoms with E-state index in [0.29, 0.717) is 29.4 Å². The number of benzene rings is 2. The summed E-state index contributed by atoms with van der Waals surface area (Å²) in [5.41, 5.74) is -0.176. The number of carbonyl (C=O) groups is 2. The van der Waals surface area contributed by atoms with Crippen LogP contribution in [0.3, 0.4) is 0 Å². The van der Waals surface area contributed by atoms with Crippen molar-refractivity contribution >= 4 is 20.8 Å². The highest BCUT2D eigenvalue weighted by molar-refractivity contribution is 7.16. The number of ketones is 2. The van der Waals surface area contributed by atoms with Gasteiger partial charge in [0, 0.05) is 0 Å². The van der Waals surface area contributed by atoms with Gasteiger partial charge in [0.15, 0.2) is 11.6 Å². The average molecular weight is 475 g/mol. The van der Waals surface area contributed by atoms with E-state index in [1.54, 1.807) is 36.4 Å². The van der Waals surface area contributed by atoms with Crippen LogP contribution >= 0.6 is 9.24 Å². The molecule has 0 aliphatic heterocycles. The van der Waals surface area contributed by atoms with E-state index in [1.165, 1.54) is 28.4 Å². The highest BCUT2D eigenvalue weighted by Gasteiger charge is 2.45. The number of ether oxygens (including phenoxy) is 4. The second kappa shape index (κ2) is 11.5. The van der Waals surface area contributed by atoms with Gasteiger partial charge >= 0.3 is 0 Å². The molecule has 0 bridgehead atoms. The zero-order valence-electron chi connectivity index (χ0n) is 20.6. The molecule has 6 nitrogen and oxygen atoms in total. The van der Waals surface area contributed by atoms with Crippen molar-refractivity contribution in [1.29, 1.82) is 0 Å². The van der Waals surface area contributed by atoms with Crippen molar-refractivity contribution in [2.45, 2.75) is 27.2 Å². The van der Waals surface area contributed by atoms with Gasteiger partial charge in [-0.15, -0.1) is 9.24 Å². The minimum Gasteiger partial charge on any atom is -0.496 e. The van der Waals surface area contributed by atoms with Crippen LogP contribution in [0, 0.1) is 17.3 Å². The first-order valence-electron chi connectivity index (χ1n) is 10.9. The van der Waals surface area contributed by atoms with E-state index >= 15 is 0 Å². The Labute approximate surface area is 199 Å². The van der Waals surface area contributed by atoms with Crippen LogP contribution in [-0.2, 0) is 0 Å². The molecule has 0 amide bonds. The lowest BCUT2D eigenvalue weighted by atomic mass is 9.67. The van der Waals surface area contributed by atoms with Gasteiger partial charge in [-0.25, -0.2) is 0 Å². The van der Waals surface area contributed by atoms with Crippen molar-refractivity contribution in [3.05, 3.63) is 47.5 Å². The zero-order chi connectivity index (χ0) is 24.8. The Bertz CT molecular complexity index is 873. The summed E-state index contributed by atoms with van der Waals surface area (Å²) in [6.45, 7) is 6.01. The van der Waals surface area contributed by atoms with Gasteiger partial charge in [0.2, 0.25) is 0 Å². The second-order valence-corrected chi connectivity index (χ2v) is 9.24. The fourth-order valence-electron chi connectivity index (χ4n) is 4.40. The van der Waals surface area contributed by atoms with Crippen LogP contribution in [0.4, 0.5) is 0 Å². The molecular weight excluding hydrogens is 439 g/mol. The molecule has 0 radical (unpaired) electrons. The summed E-state index contributed by atoms with van der Waals surface area (Å²) in [6.07, 6.45) is 1.52. The first kappa shape index (κ1) is 26.7. The molecule has 33 heavy (non-hydrogen) atoms. The summed E-state index contributed by atoms with van der Waals surface area (Å²) in [5.74, 6) is -0.0123. The van der Waals surface area contributed by atoms with E-state index in [0.717, 1.165) is 6.16 Å². The van der Waals surface area contributed by atoms with Crippen molar-refractivity contribution in [2.75, 3.05) is 34.6 Å². The highest BCUT2D eigenvalue weighted by Crippen LogP contribution is 2.44. The largest absolute Gasteiger partial charge is 0.496 e. The van der Waals surface area contributed by atoms with E-state index in [9.17, 15) is 9.59 Å². The van der Waals surface area contributed by atoms with E-state index < -0.39 is 11.3 Å². The molecular formula is C26H35O6P. The number of methoxy groups -OCH3 is 4. The number of carbonyl (C=O) groups excluding carboxylic acids is 2. The van der Waals surface area contributed by atoms with E-state index in [2.05, 4.69) is 16.2 Å². The van der Waals surface area contributed by atoms with Crippen molar-refractivity contribution in [3.63, 3.8) is 0 Å². The van der Waals surface area contributed by atoms with E-state index in [1.807, 2.05) is 13.8 Å². The van der Waals surface area contributed by atoms with Crippen molar-refractivity contribution in [1.82, 2.24) is 0 Å². The van der Waals surface area contributed by atoms with Crippen LogP contribution in [0.5, 0.6) is 23.0 Å². The van der Waals surface area contributed by atoms with Gasteiger partial charge < -0.3 is 18.9 Å². The summed E-state index contributed by atoms with van der Waals surface area (Å²) >= 11 is 0. The molecule has 2 aromatic rings. The van der Waals surface area contributed by atoms with Crippen molar-refractivity contribution in [3.8, 4) is 23.0 Å². The second-order valence-electron chi connectivity index (χ2n) is 8.77. The Kier molecular flexibility index (Phi) is 9.30. The quantitative estimate of drug-likeness (QED) is 0.235. The SMILES string of the molecule is COc1cccc(OC)c1C(=O)C(C(=O)c1c(OC)cccc1OC)C(C)(C)CC(C)CP. The summed E-state index contributed by atoms with van der Waals surface area (Å²) < 4.78 is 21.9. The van der Waals surface area contributed by atoms with Gasteiger partial charge in [-0.1, -0.05) is 32.9 Å². The normalized spacial score (nSPS) is 12.3. The van der Waals surface area contributed by atoms with Crippen molar-refractivity contribution in [2.24, 2.45) is 17.3 Å². The van der Waals surface area contributed by atoms with Crippen LogP contribution < -0.4 is 18.9 Å². The summed E-state index contributed by atoms with van der Waals surface area (Å²) in [4.78, 5) is 28.3. The predicted molar refractivity (Wildman–Crippen MR) is 133 cm³/mol. The fourth-order valence-corrected chi connectivity index (χ4v) is 4.57. The molecule has 0 aliphatic carbocycles. The van der Waals surface area contributed by atoms with Gasteiger partial charge in [0.05, 0.1) is 34.4 Å². The molecule has 0 aromatic heterocycles. The first-order chi connectivity index (χ1) is 15.7. The van der Waals surface area contributed by atoms with Crippen LogP contribution in [0.25, 0.3) is 0 Å². The van der Waals surface area contributed by atoms with Crippen LogP contribution in [-0.4, -0.2) is 46.2 Å². The lowest BCUT2D eigenvalue weighted by Gasteiger charge is -2.35. The third-order valence-electron chi connectivity index (χ3n) is 5.93. The Morgan fingerprint density at radius 2 is 1.12 bits per heavy atom. The molecule has 0 N–H and O–H groups in total. The lowest BCUT2D eigenvalue weighted by molar-refractivity contribution is 0.0635. The fraction of sp³-hybridized carbons (Fsp3) is 0.462. The van der Waals surface area contributed by atoms with Crippen LogP contribution in [0.1, 0.15) is 47.9 Å². The van der Waals surface area contributed by atoms with Gasteiger partial charge in [-0.2, -0.15) is 0 Å². The molecule has 180 valence electrons. The van der Waals surface area contributed by atoms with Crippen LogP contribution in [0.2, 0.25) is 0 Å². The predicted octanol–water partition coefficient (Wildman–Crippen LogP) is 5.33. The standard InChI is InChI=1S/C26H35O6P/c1-16(15-33)14-26(2,3)23(24(27)21-17(29-4)10-8-11-18(21)30-5)25(28)22-19(31-6)12-9-13-20(22)32-7/h8-13,16,23H,14-15,33H2,1-7H3. The molecule has 2 atom stereocenters. The maximum atomic E-state index is 14.2. The summed E-state index contributed by atoms with van der Waals surface area (Å²) in [7, 11) is 8.71. The smallest absolute Gasteiger partial charge is 0.181 e. The minimum absolute atomic E-state index is 0.251. The molecule has 0 fully saturated rings. The third-order valence-corrected chi connectivity index (χ3v) is 6.74. The molecule has 2 rings (SSSR count). The highest BCUT2D eigenvalue weighted by atomic mass is 31.0. The monoisotopic (exact) mass is 474 g/mol. The lowest BCUT2D eigenvalue weighted by Crippen LogP contribution is -2.39. The molecule has 7 heteroatoms. The Morgan fingerprint density at radius 1 is 0.788 bits per heavy atom. The Balaban J connectivity index is 2.77. The Morgan fingerprint density at radius 3 is 1.39 bits per heavy atom. The minimum atomic E-state index is -1.02. The number of rotatable bonds is 12. The third kappa shape index (κ3) is 5.67. The molecule has 0 spiro atoms. The molecule has 0 aliphatic rings. The Hall–Kier alpha value is -2.59. The zero-order valence-corrected chi connectivity index (χ0v) is 21.7. The number of Topliss-reactive ketones (excluding diaryl/α,β-unsaturated/α-hetero) is 2. The summed E-state index contributed by atoms with van der Waals surface area (Å²) in [5, 5.41) is 0. The molecule has 2 unspecified atom stereocenters. The first-order valence-corrected chi connectivity index (χ1v) is 11.7. The molecule has 0 heterocycles. The van der Waals surface area contributed by atoms with Gasteiger partial charge in [0.25, 0.3) is 0 Å². The number of hydrogen-bond donors (Lipinski definition) is 0. The topological polar surface area (TPSA) is 71.1 Å². The van der Waals surface area contributed by atoms with Crippen LogP contribution in [0.15, 0.2) is 36.4 Å². The maximum Gasteiger partial charge on any atom is 0.181 e. The number of hydrogen-bond acceptors (Lipinski definition) is 6. The summed E-state index contributed by atoms with van der Waals surface area (Å²) in [6, 6.07) is 10.3. The van der Waals surface area contributed by atoms with Gasteiger partial charge in [0.1, 0.15) is 34.1 Å². The average Bonchev–Trinajstić information content (AvgIpc) is 2.81. The van der Waals surface area contributed by atoms with Crippen molar-refractivity contribution < 1.29 is 28.5 Å². The molecule has 0 saturated carbocycles. The van der Waals surface area contributed by atoms with Gasteiger partial charge in [-0.3, -0.25) is 9.59 Å². The maximum absolute atomic E-state index is 14.2. The van der Waals surface area contributed by atoms with Gasteiger partial charge in [-0.05, 0) is 48.2 Å². The molecule has 2 aromatic carbocycles. The van der Waals surface area contributed by atoms with E-state index in [4.69, 9.17) is 18.9 Å². The molecule has 0 saturated heterocycles.